The molecule has 0 aliphatic heterocycles. The first kappa shape index (κ1) is 18.6. The number of halogens is 2. The average molecular weight is 371 g/mol. The van der Waals surface area contributed by atoms with Gasteiger partial charge in [-0.2, -0.15) is 0 Å². The number of para-hydroxylation sites is 1. The molecular weight excluding hydrogens is 352 g/mol. The lowest BCUT2D eigenvalue weighted by Gasteiger charge is -2.20. The van der Waals surface area contributed by atoms with Crippen LogP contribution in [0.4, 0.5) is 8.78 Å². The Kier molecular flexibility index (Phi) is 5.49. The number of hydrogen-bond donors (Lipinski definition) is 1. The van der Waals surface area contributed by atoms with Crippen LogP contribution < -0.4 is 10.1 Å². The Morgan fingerprint density at radius 3 is 2.67 bits per heavy atom. The highest BCUT2D eigenvalue weighted by Gasteiger charge is 2.22. The minimum absolute atomic E-state index is 0.0780. The summed E-state index contributed by atoms with van der Waals surface area (Å²) in [6.07, 6.45) is 3.37. The molecule has 0 radical (unpaired) electrons. The van der Waals surface area contributed by atoms with Crippen LogP contribution >= 0.6 is 0 Å². The van der Waals surface area contributed by atoms with Gasteiger partial charge < -0.3 is 14.6 Å². The molecule has 3 rings (SSSR count). The van der Waals surface area contributed by atoms with Crippen molar-refractivity contribution in [3.8, 4) is 5.75 Å². The maximum atomic E-state index is 13.7. The third-order valence-corrected chi connectivity index (χ3v) is 4.24. The molecule has 1 atom stereocenters. The molecule has 0 fully saturated rings. The van der Waals surface area contributed by atoms with E-state index in [0.29, 0.717) is 17.1 Å². The fourth-order valence-electron chi connectivity index (χ4n) is 2.88. The van der Waals surface area contributed by atoms with E-state index >= 15 is 0 Å². The number of nitrogens with one attached hydrogen (secondary N) is 1. The second-order valence-corrected chi connectivity index (χ2v) is 6.06. The Balaban J connectivity index is 1.88. The zero-order valence-electron chi connectivity index (χ0n) is 14.9. The first-order valence-electron chi connectivity index (χ1n) is 8.33. The maximum absolute atomic E-state index is 13.7. The molecule has 1 N–H and O–H groups in total. The van der Waals surface area contributed by atoms with E-state index in [1.54, 1.807) is 36.1 Å². The van der Waals surface area contributed by atoms with Crippen molar-refractivity contribution in [1.29, 1.82) is 0 Å². The summed E-state index contributed by atoms with van der Waals surface area (Å²) in [4.78, 5) is 16.9. The van der Waals surface area contributed by atoms with Crippen LogP contribution in [0.25, 0.3) is 0 Å². The van der Waals surface area contributed by atoms with Crippen molar-refractivity contribution in [3.05, 3.63) is 83.4 Å². The van der Waals surface area contributed by atoms with E-state index in [-0.39, 0.29) is 12.3 Å². The van der Waals surface area contributed by atoms with Crippen molar-refractivity contribution in [2.45, 2.75) is 12.5 Å². The van der Waals surface area contributed by atoms with Crippen LogP contribution in [0.3, 0.4) is 0 Å². The molecule has 0 unspecified atom stereocenters. The summed E-state index contributed by atoms with van der Waals surface area (Å²) in [6.45, 7) is 0. The van der Waals surface area contributed by atoms with Crippen molar-refractivity contribution >= 4 is 5.91 Å². The molecule has 1 amide bonds. The van der Waals surface area contributed by atoms with Crippen molar-refractivity contribution in [2.24, 2.45) is 7.05 Å². The molecule has 3 aromatic rings. The number of aryl methyl sites for hydroxylation is 1. The lowest BCUT2D eigenvalue weighted by atomic mass is 10.0. The third kappa shape index (κ3) is 4.13. The van der Waals surface area contributed by atoms with E-state index in [0.717, 1.165) is 17.7 Å². The van der Waals surface area contributed by atoms with Crippen LogP contribution in [0, 0.1) is 11.6 Å². The number of imidazole rings is 1. The molecule has 0 spiro atoms. The predicted octanol–water partition coefficient (Wildman–Crippen LogP) is 3.16. The maximum Gasteiger partial charge on any atom is 0.225 e. The highest BCUT2D eigenvalue weighted by molar-refractivity contribution is 5.80. The number of carbonyl (C=O) groups excluding carboxylic acids is 1. The number of benzene rings is 2. The summed E-state index contributed by atoms with van der Waals surface area (Å²) in [5.41, 5.74) is 1.12. The molecule has 0 bridgehead atoms. The van der Waals surface area contributed by atoms with Gasteiger partial charge in [0.15, 0.2) is 11.6 Å². The number of ether oxygens (including phenoxy) is 1. The van der Waals surface area contributed by atoms with Crippen molar-refractivity contribution in [1.82, 2.24) is 14.9 Å². The van der Waals surface area contributed by atoms with Crippen LogP contribution in [0.1, 0.15) is 23.0 Å². The molecule has 0 aliphatic rings. The number of aromatic nitrogens is 2. The van der Waals surface area contributed by atoms with Gasteiger partial charge in [-0.05, 0) is 23.8 Å². The van der Waals surface area contributed by atoms with Gasteiger partial charge in [0.2, 0.25) is 5.91 Å². The van der Waals surface area contributed by atoms with Crippen molar-refractivity contribution in [2.75, 3.05) is 7.11 Å². The third-order valence-electron chi connectivity index (χ3n) is 4.24. The molecule has 1 heterocycles. The molecule has 0 aliphatic carbocycles. The van der Waals surface area contributed by atoms with Crippen molar-refractivity contribution in [3.63, 3.8) is 0 Å². The summed E-state index contributed by atoms with van der Waals surface area (Å²) in [7, 11) is 3.30. The van der Waals surface area contributed by atoms with Crippen LogP contribution in [0.5, 0.6) is 5.75 Å². The van der Waals surface area contributed by atoms with E-state index < -0.39 is 17.7 Å². The highest BCUT2D eigenvalue weighted by atomic mass is 19.2. The molecule has 7 heteroatoms. The van der Waals surface area contributed by atoms with Crippen LogP contribution in [-0.4, -0.2) is 22.6 Å². The Hall–Kier alpha value is -3.22. The Bertz CT molecular complexity index is 956. The second kappa shape index (κ2) is 7.99. The monoisotopic (exact) mass is 371 g/mol. The number of methoxy groups -OCH3 is 1. The van der Waals surface area contributed by atoms with E-state index in [1.165, 1.54) is 13.2 Å². The first-order chi connectivity index (χ1) is 13.0. The number of rotatable bonds is 6. The van der Waals surface area contributed by atoms with Gasteiger partial charge in [-0.1, -0.05) is 24.3 Å². The predicted molar refractivity (Wildman–Crippen MR) is 96.2 cm³/mol. The van der Waals surface area contributed by atoms with Gasteiger partial charge in [0.25, 0.3) is 0 Å². The molecule has 5 nitrogen and oxygen atoms in total. The topological polar surface area (TPSA) is 56.1 Å². The molecule has 0 saturated carbocycles. The van der Waals surface area contributed by atoms with Crippen LogP contribution in [0.2, 0.25) is 0 Å². The van der Waals surface area contributed by atoms with E-state index in [2.05, 4.69) is 10.3 Å². The van der Waals surface area contributed by atoms with Gasteiger partial charge in [-0.3, -0.25) is 4.79 Å². The molecule has 0 saturated heterocycles. The first-order valence-corrected chi connectivity index (χ1v) is 8.33. The average Bonchev–Trinajstić information content (AvgIpc) is 3.08. The van der Waals surface area contributed by atoms with Crippen LogP contribution in [0.15, 0.2) is 54.9 Å². The smallest absolute Gasteiger partial charge is 0.225 e. The number of amides is 1. The molecule has 27 heavy (non-hydrogen) atoms. The fourth-order valence-corrected chi connectivity index (χ4v) is 2.88. The summed E-state index contributed by atoms with van der Waals surface area (Å²) in [6, 6.07) is 10.0. The van der Waals surface area contributed by atoms with Gasteiger partial charge >= 0.3 is 0 Å². The van der Waals surface area contributed by atoms with E-state index in [9.17, 15) is 13.6 Å². The molecule has 2 aromatic carbocycles. The Labute approximate surface area is 155 Å². The quantitative estimate of drug-likeness (QED) is 0.724. The molecule has 1 aromatic heterocycles. The number of carbonyl (C=O) groups is 1. The minimum atomic E-state index is -0.981. The zero-order chi connectivity index (χ0) is 19.4. The number of nitrogens with zero attached hydrogens (tertiary/aromatic N) is 2. The summed E-state index contributed by atoms with van der Waals surface area (Å²) >= 11 is 0. The largest absolute Gasteiger partial charge is 0.496 e. The van der Waals surface area contributed by atoms with Gasteiger partial charge in [-0.15, -0.1) is 0 Å². The summed E-state index contributed by atoms with van der Waals surface area (Å²) < 4.78 is 34.0. The lowest BCUT2D eigenvalue weighted by Crippen LogP contribution is -2.32. The van der Waals surface area contributed by atoms with E-state index in [1.807, 2.05) is 12.1 Å². The van der Waals surface area contributed by atoms with Gasteiger partial charge in [0, 0.05) is 25.0 Å². The zero-order valence-corrected chi connectivity index (χ0v) is 14.9. The van der Waals surface area contributed by atoms with Gasteiger partial charge in [-0.25, -0.2) is 13.8 Å². The summed E-state index contributed by atoms with van der Waals surface area (Å²) in [5.74, 6) is -1.11. The Morgan fingerprint density at radius 2 is 2.00 bits per heavy atom. The SMILES string of the molecule is COc1ccccc1CC(=O)N[C@@H](c1ccc(F)c(F)c1)c1nccn1C. The highest BCUT2D eigenvalue weighted by Crippen LogP contribution is 2.23. The normalized spacial score (nSPS) is 11.9. The lowest BCUT2D eigenvalue weighted by molar-refractivity contribution is -0.121. The van der Waals surface area contributed by atoms with Gasteiger partial charge in [0.1, 0.15) is 17.6 Å². The number of hydrogen-bond acceptors (Lipinski definition) is 3. The minimum Gasteiger partial charge on any atom is -0.496 e. The molecular formula is C20H19F2N3O2. The van der Waals surface area contributed by atoms with Crippen molar-refractivity contribution < 1.29 is 18.3 Å². The van der Waals surface area contributed by atoms with Gasteiger partial charge in [0.05, 0.1) is 13.5 Å². The Morgan fingerprint density at radius 1 is 1.22 bits per heavy atom. The fraction of sp³-hybridized carbons (Fsp3) is 0.200. The second-order valence-electron chi connectivity index (χ2n) is 6.06. The van der Waals surface area contributed by atoms with Crippen LogP contribution in [-0.2, 0) is 18.3 Å². The van der Waals surface area contributed by atoms with E-state index in [4.69, 9.17) is 4.74 Å². The summed E-state index contributed by atoms with van der Waals surface area (Å²) in [5, 5.41) is 2.86. The standard InChI is InChI=1S/C20H19F2N3O2/c1-25-10-9-23-20(25)19(14-7-8-15(21)16(22)11-14)24-18(26)12-13-5-3-4-6-17(13)27-2/h3-11,19H,12H2,1-2H3,(H,24,26)/t19-/m0/s1. The molecule has 140 valence electrons.